The van der Waals surface area contributed by atoms with Gasteiger partial charge in [-0.2, -0.15) is 0 Å². The minimum atomic E-state index is 0.737. The molecule has 0 N–H and O–H groups in total. The monoisotopic (exact) mass is 348 g/mol. The zero-order valence-electron chi connectivity index (χ0n) is 13.3. The molecule has 1 aromatic carbocycles. The first-order chi connectivity index (χ1) is 10.2. The summed E-state index contributed by atoms with van der Waals surface area (Å²) in [6.45, 7) is 8.87. The average molecular weight is 349 g/mol. The van der Waals surface area contributed by atoms with Crippen LogP contribution in [-0.4, -0.2) is 18.1 Å². The molecule has 0 spiro atoms. The summed E-state index contributed by atoms with van der Waals surface area (Å²) < 4.78 is 0. The lowest BCUT2D eigenvalue weighted by Gasteiger charge is -2.28. The molecule has 0 aliphatic rings. The molecule has 0 saturated carbocycles. The van der Waals surface area contributed by atoms with Crippen LogP contribution in [-0.2, 0) is 5.33 Å². The Kier molecular flexibility index (Phi) is 6.04. The Labute approximate surface area is 136 Å². The van der Waals surface area contributed by atoms with Crippen LogP contribution in [0, 0.1) is 5.92 Å². The molecule has 0 aliphatic heterocycles. The van der Waals surface area contributed by atoms with Crippen LogP contribution in [0.15, 0.2) is 30.3 Å². The van der Waals surface area contributed by atoms with Crippen molar-refractivity contribution < 1.29 is 0 Å². The van der Waals surface area contributed by atoms with Gasteiger partial charge in [0, 0.05) is 29.4 Å². The Morgan fingerprint density at radius 1 is 1.14 bits per heavy atom. The molecule has 3 heteroatoms. The molecule has 2 aromatic rings. The van der Waals surface area contributed by atoms with Crippen molar-refractivity contribution in [3.05, 3.63) is 35.9 Å². The maximum Gasteiger partial charge on any atom is 0.133 e. The minimum Gasteiger partial charge on any atom is -0.356 e. The van der Waals surface area contributed by atoms with E-state index < -0.39 is 0 Å². The standard InChI is InChI=1S/C18H25BrN2/c1-4-14(5-2)13-21(6-3)18-16(12-19)11-15-9-7-8-10-17(15)20-18/h7-11,14H,4-6,12-13H2,1-3H3. The van der Waals surface area contributed by atoms with Gasteiger partial charge in [-0.25, -0.2) is 4.98 Å². The molecular formula is C18H25BrN2. The molecule has 0 aliphatic carbocycles. The van der Waals surface area contributed by atoms with Gasteiger partial charge >= 0.3 is 0 Å². The molecule has 1 aromatic heterocycles. The fourth-order valence-corrected chi connectivity index (χ4v) is 3.16. The van der Waals surface area contributed by atoms with Crippen molar-refractivity contribution in [2.24, 2.45) is 5.92 Å². The third-order valence-corrected chi connectivity index (χ3v) is 4.84. The van der Waals surface area contributed by atoms with Gasteiger partial charge in [-0.3, -0.25) is 0 Å². The van der Waals surface area contributed by atoms with E-state index in [0.29, 0.717) is 0 Å². The highest BCUT2D eigenvalue weighted by molar-refractivity contribution is 9.08. The van der Waals surface area contributed by atoms with E-state index in [4.69, 9.17) is 4.98 Å². The van der Waals surface area contributed by atoms with E-state index in [1.807, 2.05) is 0 Å². The van der Waals surface area contributed by atoms with Gasteiger partial charge in [-0.1, -0.05) is 60.8 Å². The largest absolute Gasteiger partial charge is 0.356 e. The summed E-state index contributed by atoms with van der Waals surface area (Å²) in [5.41, 5.74) is 2.36. The molecule has 0 amide bonds. The molecule has 0 atom stereocenters. The van der Waals surface area contributed by atoms with Crippen molar-refractivity contribution in [2.45, 2.75) is 38.9 Å². The number of pyridine rings is 1. The first-order valence-corrected chi connectivity index (χ1v) is 9.05. The maximum atomic E-state index is 4.93. The zero-order chi connectivity index (χ0) is 15.2. The molecular weight excluding hydrogens is 324 g/mol. The quantitative estimate of drug-likeness (QED) is 0.623. The molecule has 2 rings (SSSR count). The number of aromatic nitrogens is 1. The highest BCUT2D eigenvalue weighted by atomic mass is 79.9. The number of hydrogen-bond acceptors (Lipinski definition) is 2. The van der Waals surface area contributed by atoms with E-state index in [-0.39, 0.29) is 0 Å². The van der Waals surface area contributed by atoms with Gasteiger partial charge in [0.05, 0.1) is 5.52 Å². The van der Waals surface area contributed by atoms with Crippen molar-refractivity contribution in [1.82, 2.24) is 4.98 Å². The Morgan fingerprint density at radius 3 is 2.48 bits per heavy atom. The van der Waals surface area contributed by atoms with E-state index in [0.717, 1.165) is 35.7 Å². The van der Waals surface area contributed by atoms with Crippen molar-refractivity contribution in [3.63, 3.8) is 0 Å². The van der Waals surface area contributed by atoms with Gasteiger partial charge in [0.15, 0.2) is 0 Å². The SMILES string of the molecule is CCC(CC)CN(CC)c1nc2ccccc2cc1CBr. The summed E-state index contributed by atoms with van der Waals surface area (Å²) in [4.78, 5) is 7.37. The maximum absolute atomic E-state index is 4.93. The highest BCUT2D eigenvalue weighted by Gasteiger charge is 2.15. The number of para-hydroxylation sites is 1. The van der Waals surface area contributed by atoms with E-state index in [1.54, 1.807) is 0 Å². The molecule has 0 radical (unpaired) electrons. The van der Waals surface area contributed by atoms with Crippen LogP contribution < -0.4 is 4.90 Å². The predicted molar refractivity (Wildman–Crippen MR) is 96.3 cm³/mol. The number of hydrogen-bond donors (Lipinski definition) is 0. The lowest BCUT2D eigenvalue weighted by Crippen LogP contribution is -2.30. The molecule has 0 bridgehead atoms. The van der Waals surface area contributed by atoms with Crippen LogP contribution in [0.4, 0.5) is 5.82 Å². The molecule has 2 nitrogen and oxygen atoms in total. The molecule has 114 valence electrons. The second-order valence-electron chi connectivity index (χ2n) is 5.52. The number of anilines is 1. The van der Waals surface area contributed by atoms with E-state index in [9.17, 15) is 0 Å². The normalized spacial score (nSPS) is 11.3. The van der Waals surface area contributed by atoms with Crippen molar-refractivity contribution in [2.75, 3.05) is 18.0 Å². The molecule has 0 unspecified atom stereocenters. The van der Waals surface area contributed by atoms with Gasteiger partial charge in [0.1, 0.15) is 5.82 Å². The Bertz CT molecular complexity index is 578. The summed E-state index contributed by atoms with van der Waals surface area (Å²) >= 11 is 3.63. The Morgan fingerprint density at radius 2 is 1.86 bits per heavy atom. The van der Waals surface area contributed by atoms with Gasteiger partial charge in [0.2, 0.25) is 0 Å². The molecule has 1 heterocycles. The third kappa shape index (κ3) is 3.76. The number of benzene rings is 1. The smallest absolute Gasteiger partial charge is 0.133 e. The number of fused-ring (bicyclic) bond motifs is 1. The number of nitrogens with zero attached hydrogens (tertiary/aromatic N) is 2. The van der Waals surface area contributed by atoms with E-state index in [2.05, 4.69) is 71.9 Å². The highest BCUT2D eigenvalue weighted by Crippen LogP contribution is 2.26. The minimum absolute atomic E-state index is 0.737. The number of rotatable bonds is 7. The lowest BCUT2D eigenvalue weighted by atomic mass is 10.0. The third-order valence-electron chi connectivity index (χ3n) is 4.24. The first kappa shape index (κ1) is 16.3. The Balaban J connectivity index is 2.41. The van der Waals surface area contributed by atoms with Gasteiger partial charge in [-0.15, -0.1) is 0 Å². The summed E-state index contributed by atoms with van der Waals surface area (Å²) in [5, 5.41) is 2.06. The average Bonchev–Trinajstić information content (AvgIpc) is 2.55. The lowest BCUT2D eigenvalue weighted by molar-refractivity contribution is 0.484. The number of alkyl halides is 1. The van der Waals surface area contributed by atoms with Crippen LogP contribution in [0.2, 0.25) is 0 Å². The predicted octanol–water partition coefficient (Wildman–Crippen LogP) is 5.39. The van der Waals surface area contributed by atoms with Gasteiger partial charge < -0.3 is 4.90 Å². The van der Waals surface area contributed by atoms with Crippen molar-refractivity contribution >= 4 is 32.7 Å². The first-order valence-electron chi connectivity index (χ1n) is 7.92. The summed E-state index contributed by atoms with van der Waals surface area (Å²) in [7, 11) is 0. The van der Waals surface area contributed by atoms with Crippen molar-refractivity contribution in [1.29, 1.82) is 0 Å². The van der Waals surface area contributed by atoms with E-state index in [1.165, 1.54) is 23.8 Å². The fourth-order valence-electron chi connectivity index (χ4n) is 2.75. The van der Waals surface area contributed by atoms with E-state index >= 15 is 0 Å². The zero-order valence-corrected chi connectivity index (χ0v) is 14.9. The van der Waals surface area contributed by atoms with Crippen LogP contribution in [0.25, 0.3) is 10.9 Å². The fraction of sp³-hybridized carbons (Fsp3) is 0.500. The summed E-state index contributed by atoms with van der Waals surface area (Å²) in [6.07, 6.45) is 2.45. The molecule has 21 heavy (non-hydrogen) atoms. The van der Waals surface area contributed by atoms with Crippen LogP contribution in [0.3, 0.4) is 0 Å². The second kappa shape index (κ2) is 7.79. The topological polar surface area (TPSA) is 16.1 Å². The van der Waals surface area contributed by atoms with Gasteiger partial charge in [0.25, 0.3) is 0 Å². The van der Waals surface area contributed by atoms with Crippen LogP contribution in [0.5, 0.6) is 0 Å². The molecule has 0 fully saturated rings. The van der Waals surface area contributed by atoms with Gasteiger partial charge in [-0.05, 0) is 25.0 Å². The van der Waals surface area contributed by atoms with Crippen molar-refractivity contribution in [3.8, 4) is 0 Å². The summed E-state index contributed by atoms with van der Waals surface area (Å²) in [5.74, 6) is 1.88. The van der Waals surface area contributed by atoms with Crippen LogP contribution in [0.1, 0.15) is 39.2 Å². The Hall–Kier alpha value is -1.09. The summed E-state index contributed by atoms with van der Waals surface area (Å²) in [6, 6.07) is 10.6. The van der Waals surface area contributed by atoms with Crippen LogP contribution >= 0.6 is 15.9 Å². The number of halogens is 1. The second-order valence-corrected chi connectivity index (χ2v) is 6.08. The molecule has 0 saturated heterocycles.